The summed E-state index contributed by atoms with van der Waals surface area (Å²) in [7, 11) is 1.99. The van der Waals surface area contributed by atoms with Gasteiger partial charge in [0.05, 0.1) is 24.1 Å². The summed E-state index contributed by atoms with van der Waals surface area (Å²) in [4.78, 5) is 31.9. The molecule has 4 atom stereocenters. The number of aromatic nitrogens is 2. The molecule has 1 aromatic heterocycles. The van der Waals surface area contributed by atoms with Gasteiger partial charge in [0.2, 0.25) is 11.8 Å². The quantitative estimate of drug-likeness (QED) is 0.119. The number of imide groups is 1. The number of allylic oxidation sites excluding steroid dienone is 2. The van der Waals surface area contributed by atoms with Crippen molar-refractivity contribution in [3.05, 3.63) is 29.1 Å². The van der Waals surface area contributed by atoms with E-state index in [-0.39, 0.29) is 59.5 Å². The van der Waals surface area contributed by atoms with Crippen molar-refractivity contribution in [2.45, 2.75) is 53.0 Å². The van der Waals surface area contributed by atoms with E-state index >= 15 is 0 Å². The molecule has 182 valence electrons. The highest BCUT2D eigenvalue weighted by atomic mass is 127. The number of nitrogens with zero attached hydrogens (tertiary/aromatic N) is 4. The number of guanidine groups is 1. The van der Waals surface area contributed by atoms with E-state index in [0.717, 1.165) is 37.5 Å². The van der Waals surface area contributed by atoms with Crippen LogP contribution >= 0.6 is 24.0 Å². The summed E-state index contributed by atoms with van der Waals surface area (Å²) < 4.78 is 1.96. The average molecular weight is 569 g/mol. The summed E-state index contributed by atoms with van der Waals surface area (Å²) in [6.07, 6.45) is 7.77. The second kappa shape index (κ2) is 11.0. The van der Waals surface area contributed by atoms with Crippen LogP contribution in [0.4, 0.5) is 0 Å². The van der Waals surface area contributed by atoms with Gasteiger partial charge in [-0.25, -0.2) is 4.99 Å². The number of aliphatic imine (C=N–C) groups is 1. The number of hydrogen-bond acceptors (Lipinski definition) is 4. The molecule has 0 radical (unpaired) electrons. The molecule has 2 amide bonds. The van der Waals surface area contributed by atoms with Crippen molar-refractivity contribution < 1.29 is 9.59 Å². The number of carbonyl (C=O) groups excluding carboxylic acids is 2. The van der Waals surface area contributed by atoms with Crippen molar-refractivity contribution >= 4 is 41.8 Å². The maximum atomic E-state index is 12.8. The van der Waals surface area contributed by atoms with Gasteiger partial charge in [-0.3, -0.25) is 19.2 Å². The number of halogens is 1. The van der Waals surface area contributed by atoms with Crippen LogP contribution in [0, 0.1) is 23.7 Å². The minimum Gasteiger partial charge on any atom is -0.357 e. The Bertz CT molecular complexity index is 910. The fourth-order valence-corrected chi connectivity index (χ4v) is 5.70. The summed E-state index contributed by atoms with van der Waals surface area (Å²) >= 11 is 0. The zero-order valence-electron chi connectivity index (χ0n) is 20.1. The predicted molar refractivity (Wildman–Crippen MR) is 139 cm³/mol. The Balaban J connectivity index is 0.00000306. The SMILES string of the molecule is CCNC(=NCc1c(CC)nn(C)c1CC)NCCCN1C(=O)C2C3C=CC(C3)C2C1=O.I. The summed E-state index contributed by atoms with van der Waals surface area (Å²) in [6, 6.07) is 0. The molecule has 2 aliphatic carbocycles. The van der Waals surface area contributed by atoms with Crippen molar-refractivity contribution in [3.63, 3.8) is 0 Å². The lowest BCUT2D eigenvalue weighted by Gasteiger charge is -2.18. The minimum atomic E-state index is -0.107. The first-order chi connectivity index (χ1) is 15.5. The molecular weight excluding hydrogens is 531 g/mol. The second-order valence-electron chi connectivity index (χ2n) is 9.01. The lowest BCUT2D eigenvalue weighted by molar-refractivity contribution is -0.140. The van der Waals surface area contributed by atoms with Gasteiger partial charge in [0.15, 0.2) is 5.96 Å². The van der Waals surface area contributed by atoms with Crippen molar-refractivity contribution in [2.75, 3.05) is 19.6 Å². The Kier molecular flexibility index (Phi) is 8.58. The molecule has 33 heavy (non-hydrogen) atoms. The lowest BCUT2D eigenvalue weighted by Crippen LogP contribution is -2.40. The molecule has 3 aliphatic rings. The third kappa shape index (κ3) is 4.83. The lowest BCUT2D eigenvalue weighted by atomic mass is 9.85. The van der Waals surface area contributed by atoms with Crippen LogP contribution in [0.2, 0.25) is 0 Å². The van der Waals surface area contributed by atoms with E-state index in [1.165, 1.54) is 16.2 Å². The molecule has 2 N–H and O–H groups in total. The van der Waals surface area contributed by atoms with E-state index in [2.05, 4.69) is 41.7 Å². The van der Waals surface area contributed by atoms with Crippen LogP contribution in [0.25, 0.3) is 0 Å². The van der Waals surface area contributed by atoms with Crippen LogP contribution < -0.4 is 10.6 Å². The molecule has 1 aliphatic heterocycles. The Morgan fingerprint density at radius 1 is 1.09 bits per heavy atom. The first kappa shape index (κ1) is 25.7. The van der Waals surface area contributed by atoms with Crippen LogP contribution in [0.15, 0.2) is 17.1 Å². The van der Waals surface area contributed by atoms with Gasteiger partial charge < -0.3 is 10.6 Å². The van der Waals surface area contributed by atoms with Gasteiger partial charge in [-0.05, 0) is 44.4 Å². The topological polar surface area (TPSA) is 91.6 Å². The highest BCUT2D eigenvalue weighted by molar-refractivity contribution is 14.0. The summed E-state index contributed by atoms with van der Waals surface area (Å²) in [6.45, 7) is 8.77. The number of hydrogen-bond donors (Lipinski definition) is 2. The third-order valence-corrected chi connectivity index (χ3v) is 7.18. The Morgan fingerprint density at radius 2 is 1.76 bits per heavy atom. The maximum absolute atomic E-state index is 12.8. The number of fused-ring (bicyclic) bond motifs is 5. The van der Waals surface area contributed by atoms with Gasteiger partial charge in [0, 0.05) is 37.9 Å². The molecule has 1 aromatic rings. The fraction of sp³-hybridized carbons (Fsp3) is 0.667. The third-order valence-electron chi connectivity index (χ3n) is 7.18. The molecule has 4 rings (SSSR count). The minimum absolute atomic E-state index is 0. The highest BCUT2D eigenvalue weighted by Gasteiger charge is 2.58. The summed E-state index contributed by atoms with van der Waals surface area (Å²) in [5, 5.41) is 11.3. The van der Waals surface area contributed by atoms with Gasteiger partial charge in [-0.1, -0.05) is 26.0 Å². The van der Waals surface area contributed by atoms with Gasteiger partial charge >= 0.3 is 0 Å². The molecule has 0 aromatic carbocycles. The van der Waals surface area contributed by atoms with Crippen LogP contribution in [0.5, 0.6) is 0 Å². The van der Waals surface area contributed by atoms with E-state index in [4.69, 9.17) is 4.99 Å². The van der Waals surface area contributed by atoms with Gasteiger partial charge in [0.25, 0.3) is 0 Å². The van der Waals surface area contributed by atoms with Crippen molar-refractivity contribution in [3.8, 4) is 0 Å². The van der Waals surface area contributed by atoms with Crippen molar-refractivity contribution in [2.24, 2.45) is 35.7 Å². The largest absolute Gasteiger partial charge is 0.357 e. The fourth-order valence-electron chi connectivity index (χ4n) is 5.70. The van der Waals surface area contributed by atoms with Crippen LogP contribution in [0.1, 0.15) is 50.6 Å². The standard InChI is InChI=1S/C24H36N6O2.HI/c1-5-18-17(19(6-2)29(4)28-18)14-27-24(25-7-3)26-11-8-12-30-22(31)20-15-9-10-16(13-15)21(20)23(30)32;/h9-10,15-16,20-21H,5-8,11-14H2,1-4H3,(H2,25,26,27);1H. The second-order valence-corrected chi connectivity index (χ2v) is 9.01. The Hall–Kier alpha value is -1.91. The van der Waals surface area contributed by atoms with Gasteiger partial charge in [-0.15, -0.1) is 24.0 Å². The molecule has 8 nitrogen and oxygen atoms in total. The molecule has 2 fully saturated rings. The van der Waals surface area contributed by atoms with Crippen LogP contribution in [-0.2, 0) is 36.0 Å². The predicted octanol–water partition coefficient (Wildman–Crippen LogP) is 2.42. The van der Waals surface area contributed by atoms with Crippen molar-refractivity contribution in [1.82, 2.24) is 25.3 Å². The number of likely N-dealkylation sites (tertiary alicyclic amines) is 1. The number of aryl methyl sites for hydroxylation is 2. The van der Waals surface area contributed by atoms with E-state index in [1.54, 1.807) is 0 Å². The first-order valence-corrected chi connectivity index (χ1v) is 12.1. The van der Waals surface area contributed by atoms with E-state index in [1.807, 2.05) is 18.7 Å². The molecule has 1 saturated heterocycles. The maximum Gasteiger partial charge on any atom is 0.233 e. The number of rotatable bonds is 9. The molecule has 2 bridgehead atoms. The van der Waals surface area contributed by atoms with Gasteiger partial charge in [-0.2, -0.15) is 5.10 Å². The molecular formula is C24H37IN6O2. The van der Waals surface area contributed by atoms with Gasteiger partial charge in [0.1, 0.15) is 0 Å². The monoisotopic (exact) mass is 568 g/mol. The molecule has 4 unspecified atom stereocenters. The van der Waals surface area contributed by atoms with E-state index in [0.29, 0.717) is 26.1 Å². The van der Waals surface area contributed by atoms with Crippen molar-refractivity contribution in [1.29, 1.82) is 0 Å². The molecule has 0 spiro atoms. The summed E-state index contributed by atoms with van der Waals surface area (Å²) in [5.74, 6) is 1.14. The average Bonchev–Trinajstić information content (AvgIpc) is 3.53. The molecule has 9 heteroatoms. The summed E-state index contributed by atoms with van der Waals surface area (Å²) in [5.41, 5.74) is 3.53. The zero-order chi connectivity index (χ0) is 22.8. The molecule has 1 saturated carbocycles. The molecule has 2 heterocycles. The first-order valence-electron chi connectivity index (χ1n) is 12.1. The number of carbonyl (C=O) groups is 2. The highest BCUT2D eigenvalue weighted by Crippen LogP contribution is 2.52. The normalized spacial score (nSPS) is 25.6. The number of nitrogens with one attached hydrogen (secondary N) is 2. The van der Waals surface area contributed by atoms with Crippen LogP contribution in [0.3, 0.4) is 0 Å². The van der Waals surface area contributed by atoms with E-state index < -0.39 is 0 Å². The number of amides is 2. The zero-order valence-corrected chi connectivity index (χ0v) is 22.5. The Morgan fingerprint density at radius 3 is 2.33 bits per heavy atom. The smallest absolute Gasteiger partial charge is 0.233 e. The van der Waals surface area contributed by atoms with Crippen LogP contribution in [-0.4, -0.2) is 52.1 Å². The Labute approximate surface area is 213 Å². The van der Waals surface area contributed by atoms with E-state index in [9.17, 15) is 9.59 Å².